The molecule has 0 atom stereocenters. The molecule has 0 aliphatic carbocycles. The highest BCUT2D eigenvalue weighted by molar-refractivity contribution is 5.98. The topological polar surface area (TPSA) is 37.3 Å². The lowest BCUT2D eigenvalue weighted by molar-refractivity contribution is 0.0909. The fraction of sp³-hybridized carbons (Fsp3) is 0.438. The molecule has 1 aromatic heterocycles. The van der Waals surface area contributed by atoms with Crippen molar-refractivity contribution in [3.05, 3.63) is 36.0 Å². The van der Waals surface area contributed by atoms with E-state index in [1.54, 1.807) is 0 Å². The average Bonchev–Trinajstić information content (AvgIpc) is 2.79. The van der Waals surface area contributed by atoms with Gasteiger partial charge in [-0.1, -0.05) is 18.2 Å². The molecule has 0 unspecified atom stereocenters. The van der Waals surface area contributed by atoms with Crippen LogP contribution in [-0.2, 0) is 7.05 Å². The lowest BCUT2D eigenvalue weighted by Gasteiger charge is -2.29. The van der Waals surface area contributed by atoms with Gasteiger partial charge < -0.3 is 14.8 Å². The molecule has 2 heterocycles. The maximum absolute atomic E-state index is 12.4. The minimum atomic E-state index is 0.0400. The van der Waals surface area contributed by atoms with Crippen molar-refractivity contribution in [2.24, 2.45) is 7.05 Å². The SMILES string of the molecule is CN1CCC(NC(=O)c2cc3ccccc3n2C)CC1. The molecule has 0 radical (unpaired) electrons. The van der Waals surface area contributed by atoms with Crippen molar-refractivity contribution < 1.29 is 4.79 Å². The molecule has 1 saturated heterocycles. The van der Waals surface area contributed by atoms with E-state index in [1.165, 1.54) is 0 Å². The maximum atomic E-state index is 12.4. The molecule has 2 aromatic rings. The number of nitrogens with zero attached hydrogens (tertiary/aromatic N) is 2. The predicted molar refractivity (Wildman–Crippen MR) is 80.9 cm³/mol. The second-order valence-electron chi connectivity index (χ2n) is 5.70. The summed E-state index contributed by atoms with van der Waals surface area (Å²) in [5.41, 5.74) is 1.84. The van der Waals surface area contributed by atoms with Crippen LogP contribution in [0.25, 0.3) is 10.9 Å². The lowest BCUT2D eigenvalue weighted by atomic mass is 10.1. The number of aryl methyl sites for hydroxylation is 1. The summed E-state index contributed by atoms with van der Waals surface area (Å²) >= 11 is 0. The van der Waals surface area contributed by atoms with Gasteiger partial charge in [-0.3, -0.25) is 4.79 Å². The Balaban J connectivity index is 1.77. The third-order valence-electron chi connectivity index (χ3n) is 4.24. The van der Waals surface area contributed by atoms with Crippen LogP contribution < -0.4 is 5.32 Å². The standard InChI is InChI=1S/C16H21N3O/c1-18-9-7-13(8-10-18)17-16(20)15-11-12-5-3-4-6-14(12)19(15)2/h3-6,11,13H,7-10H2,1-2H3,(H,17,20). The van der Waals surface area contributed by atoms with Crippen LogP contribution in [0, 0.1) is 0 Å². The van der Waals surface area contributed by atoms with E-state index >= 15 is 0 Å². The number of piperidine rings is 1. The van der Waals surface area contributed by atoms with Crippen molar-refractivity contribution in [2.45, 2.75) is 18.9 Å². The fourth-order valence-electron chi connectivity index (χ4n) is 2.92. The van der Waals surface area contributed by atoms with Crippen molar-refractivity contribution >= 4 is 16.8 Å². The highest BCUT2D eigenvalue weighted by atomic mass is 16.2. The monoisotopic (exact) mass is 271 g/mol. The number of nitrogens with one attached hydrogen (secondary N) is 1. The van der Waals surface area contributed by atoms with Gasteiger partial charge in [0.2, 0.25) is 0 Å². The molecule has 0 spiro atoms. The van der Waals surface area contributed by atoms with Crippen molar-refractivity contribution in [3.8, 4) is 0 Å². The molecule has 1 aliphatic rings. The molecule has 1 fully saturated rings. The second kappa shape index (κ2) is 5.29. The first kappa shape index (κ1) is 13.2. The van der Waals surface area contributed by atoms with Crippen molar-refractivity contribution in [3.63, 3.8) is 0 Å². The van der Waals surface area contributed by atoms with Crippen LogP contribution >= 0.6 is 0 Å². The molecular weight excluding hydrogens is 250 g/mol. The zero-order valence-corrected chi connectivity index (χ0v) is 12.1. The van der Waals surface area contributed by atoms with Gasteiger partial charge in [-0.2, -0.15) is 0 Å². The molecule has 20 heavy (non-hydrogen) atoms. The normalized spacial score (nSPS) is 17.5. The van der Waals surface area contributed by atoms with Crippen molar-refractivity contribution in [1.82, 2.24) is 14.8 Å². The molecule has 106 valence electrons. The van der Waals surface area contributed by atoms with Crippen LogP contribution in [0.15, 0.2) is 30.3 Å². The van der Waals surface area contributed by atoms with Gasteiger partial charge in [0.25, 0.3) is 5.91 Å². The minimum absolute atomic E-state index is 0.0400. The Morgan fingerprint density at radius 1 is 1.20 bits per heavy atom. The summed E-state index contributed by atoms with van der Waals surface area (Å²) in [6.07, 6.45) is 2.07. The molecule has 4 nitrogen and oxygen atoms in total. The molecular formula is C16H21N3O. The molecule has 4 heteroatoms. The number of benzene rings is 1. The van der Waals surface area contributed by atoms with Gasteiger partial charge in [0.15, 0.2) is 0 Å². The van der Waals surface area contributed by atoms with E-state index in [-0.39, 0.29) is 5.91 Å². The quantitative estimate of drug-likeness (QED) is 0.907. The Bertz CT molecular complexity index is 624. The number of hydrogen-bond acceptors (Lipinski definition) is 2. The highest BCUT2D eigenvalue weighted by Crippen LogP contribution is 2.18. The van der Waals surface area contributed by atoms with Crippen molar-refractivity contribution in [2.75, 3.05) is 20.1 Å². The number of aromatic nitrogens is 1. The molecule has 0 saturated carbocycles. The zero-order valence-electron chi connectivity index (χ0n) is 12.1. The molecule has 0 bridgehead atoms. The Hall–Kier alpha value is -1.81. The van der Waals surface area contributed by atoms with E-state index in [4.69, 9.17) is 0 Å². The Kier molecular flexibility index (Phi) is 3.49. The Morgan fingerprint density at radius 3 is 2.60 bits per heavy atom. The van der Waals surface area contributed by atoms with E-state index in [9.17, 15) is 4.79 Å². The number of fused-ring (bicyclic) bond motifs is 1. The van der Waals surface area contributed by atoms with Gasteiger partial charge in [0.05, 0.1) is 0 Å². The second-order valence-corrected chi connectivity index (χ2v) is 5.70. The van der Waals surface area contributed by atoms with Gasteiger partial charge in [-0.05, 0) is 45.1 Å². The number of carbonyl (C=O) groups excluding carboxylic acids is 1. The summed E-state index contributed by atoms with van der Waals surface area (Å²) < 4.78 is 1.97. The van der Waals surface area contributed by atoms with Gasteiger partial charge in [0.1, 0.15) is 5.69 Å². The first-order valence-corrected chi connectivity index (χ1v) is 7.19. The summed E-state index contributed by atoms with van der Waals surface area (Å²) in [5, 5.41) is 4.29. The smallest absolute Gasteiger partial charge is 0.268 e. The lowest BCUT2D eigenvalue weighted by Crippen LogP contribution is -2.43. The molecule has 1 aliphatic heterocycles. The summed E-state index contributed by atoms with van der Waals surface area (Å²) in [7, 11) is 4.08. The molecule has 1 amide bonds. The van der Waals surface area contributed by atoms with E-state index < -0.39 is 0 Å². The van der Waals surface area contributed by atoms with Crippen molar-refractivity contribution in [1.29, 1.82) is 0 Å². The predicted octanol–water partition coefficient (Wildman–Crippen LogP) is 2.00. The molecule has 1 N–H and O–H groups in total. The maximum Gasteiger partial charge on any atom is 0.268 e. The van der Waals surface area contributed by atoms with Gasteiger partial charge in [-0.15, -0.1) is 0 Å². The van der Waals surface area contributed by atoms with Crippen LogP contribution in [0.4, 0.5) is 0 Å². The van der Waals surface area contributed by atoms with E-state index in [1.807, 2.05) is 41.9 Å². The third kappa shape index (κ3) is 2.43. The van der Waals surface area contributed by atoms with Crippen LogP contribution in [0.3, 0.4) is 0 Å². The molecule has 1 aromatic carbocycles. The number of carbonyl (C=O) groups is 1. The van der Waals surface area contributed by atoms with Gasteiger partial charge in [-0.25, -0.2) is 0 Å². The number of amides is 1. The Morgan fingerprint density at radius 2 is 1.90 bits per heavy atom. The van der Waals surface area contributed by atoms with Crippen LogP contribution in [-0.4, -0.2) is 41.6 Å². The Labute approximate surface area is 119 Å². The number of hydrogen-bond donors (Lipinski definition) is 1. The van der Waals surface area contributed by atoms with Gasteiger partial charge >= 0.3 is 0 Å². The first-order valence-electron chi connectivity index (χ1n) is 7.19. The summed E-state index contributed by atoms with van der Waals surface area (Å²) in [5.74, 6) is 0.0400. The summed E-state index contributed by atoms with van der Waals surface area (Å²) in [6.45, 7) is 2.11. The number of likely N-dealkylation sites (tertiary alicyclic amines) is 1. The van der Waals surface area contributed by atoms with Gasteiger partial charge in [0, 0.05) is 24.0 Å². The first-order chi connectivity index (χ1) is 9.65. The minimum Gasteiger partial charge on any atom is -0.348 e. The van der Waals surface area contributed by atoms with Crippen LogP contribution in [0.2, 0.25) is 0 Å². The average molecular weight is 271 g/mol. The molecule has 3 rings (SSSR count). The number of para-hydroxylation sites is 1. The summed E-state index contributed by atoms with van der Waals surface area (Å²) in [6, 6.07) is 10.4. The van der Waals surface area contributed by atoms with Crippen LogP contribution in [0.1, 0.15) is 23.3 Å². The van der Waals surface area contributed by atoms with E-state index in [0.717, 1.165) is 42.5 Å². The van der Waals surface area contributed by atoms with E-state index in [2.05, 4.69) is 17.3 Å². The van der Waals surface area contributed by atoms with E-state index in [0.29, 0.717) is 6.04 Å². The largest absolute Gasteiger partial charge is 0.348 e. The third-order valence-corrected chi connectivity index (χ3v) is 4.24. The fourth-order valence-corrected chi connectivity index (χ4v) is 2.92. The summed E-state index contributed by atoms with van der Waals surface area (Å²) in [4.78, 5) is 14.7. The zero-order chi connectivity index (χ0) is 14.1. The van der Waals surface area contributed by atoms with Crippen LogP contribution in [0.5, 0.6) is 0 Å². The highest BCUT2D eigenvalue weighted by Gasteiger charge is 2.20. The number of rotatable bonds is 2.